The Kier molecular flexibility index (Phi) is 4.29. The van der Waals surface area contributed by atoms with E-state index in [1.807, 2.05) is 12.1 Å². The summed E-state index contributed by atoms with van der Waals surface area (Å²) in [4.78, 5) is 14.6. The van der Waals surface area contributed by atoms with Crippen molar-refractivity contribution in [2.75, 3.05) is 19.6 Å². The van der Waals surface area contributed by atoms with E-state index in [1.165, 1.54) is 12.5 Å². The zero-order valence-corrected chi connectivity index (χ0v) is 16.0. The molecule has 2 bridgehead atoms. The molecule has 2 aromatic rings. The summed E-state index contributed by atoms with van der Waals surface area (Å²) in [5, 5.41) is 3.05. The van der Waals surface area contributed by atoms with Gasteiger partial charge in [-0.3, -0.25) is 9.69 Å². The summed E-state index contributed by atoms with van der Waals surface area (Å²) in [6, 6.07) is 7.16. The molecule has 4 heterocycles. The molecule has 0 unspecified atom stereocenters. The molecule has 3 aliphatic rings. The number of carbonyl (C=O) groups excluding carboxylic acids is 1. The molecule has 28 heavy (non-hydrogen) atoms. The number of halogens is 1. The van der Waals surface area contributed by atoms with E-state index in [0.717, 1.165) is 38.0 Å². The van der Waals surface area contributed by atoms with Crippen LogP contribution < -0.4 is 5.32 Å². The molecule has 5 nitrogen and oxygen atoms in total. The highest BCUT2D eigenvalue weighted by Crippen LogP contribution is 2.54. The number of benzene rings is 1. The Balaban J connectivity index is 1.25. The number of amides is 1. The maximum atomic E-state index is 13.9. The van der Waals surface area contributed by atoms with Gasteiger partial charge in [-0.15, -0.1) is 0 Å². The van der Waals surface area contributed by atoms with Crippen LogP contribution in [0.5, 0.6) is 0 Å². The van der Waals surface area contributed by atoms with Crippen LogP contribution in [0.2, 0.25) is 0 Å². The first-order valence-corrected chi connectivity index (χ1v) is 10.00. The first-order valence-electron chi connectivity index (χ1n) is 10.00. The van der Waals surface area contributed by atoms with E-state index in [-0.39, 0.29) is 23.4 Å². The van der Waals surface area contributed by atoms with Gasteiger partial charge in [0.2, 0.25) is 0 Å². The number of hydrogen-bond acceptors (Lipinski definition) is 4. The van der Waals surface area contributed by atoms with E-state index in [1.54, 1.807) is 19.1 Å². The van der Waals surface area contributed by atoms with Crippen molar-refractivity contribution in [2.24, 2.45) is 11.8 Å². The molecule has 5 rings (SSSR count). The largest absolute Gasteiger partial charge is 0.472 e. The Morgan fingerprint density at radius 2 is 2.29 bits per heavy atom. The lowest BCUT2D eigenvalue weighted by Crippen LogP contribution is -2.41. The molecule has 1 aromatic carbocycles. The summed E-state index contributed by atoms with van der Waals surface area (Å²) in [5.74, 6) is 0.484. The number of likely N-dealkylation sites (tertiary alicyclic amines) is 1. The molecule has 1 amide bonds. The fourth-order valence-corrected chi connectivity index (χ4v) is 5.38. The average Bonchev–Trinajstić information content (AvgIpc) is 3.43. The Morgan fingerprint density at radius 1 is 1.39 bits per heavy atom. The van der Waals surface area contributed by atoms with Gasteiger partial charge in [-0.25, -0.2) is 4.39 Å². The summed E-state index contributed by atoms with van der Waals surface area (Å²) in [6.45, 7) is 4.95. The number of aryl methyl sites for hydroxylation is 1. The van der Waals surface area contributed by atoms with Crippen molar-refractivity contribution in [3.63, 3.8) is 0 Å². The van der Waals surface area contributed by atoms with Crippen LogP contribution in [0.1, 0.15) is 34.3 Å². The second-order valence-corrected chi connectivity index (χ2v) is 8.51. The van der Waals surface area contributed by atoms with Crippen LogP contribution in [0.4, 0.5) is 4.39 Å². The third-order valence-electron chi connectivity index (χ3n) is 6.78. The van der Waals surface area contributed by atoms with Crippen molar-refractivity contribution in [1.82, 2.24) is 10.2 Å². The quantitative estimate of drug-likeness (QED) is 0.861. The maximum Gasteiger partial charge on any atom is 0.254 e. The number of hydrogen-bond donors (Lipinski definition) is 1. The summed E-state index contributed by atoms with van der Waals surface area (Å²) >= 11 is 0. The molecular formula is C22H25FN2O3. The number of ether oxygens (including phenoxy) is 1. The van der Waals surface area contributed by atoms with Gasteiger partial charge in [0, 0.05) is 38.0 Å². The molecular weight excluding hydrogens is 359 g/mol. The molecule has 6 heteroatoms. The monoisotopic (exact) mass is 384 g/mol. The van der Waals surface area contributed by atoms with Gasteiger partial charge < -0.3 is 14.5 Å². The van der Waals surface area contributed by atoms with Gasteiger partial charge in [0.25, 0.3) is 5.91 Å². The first-order chi connectivity index (χ1) is 13.5. The summed E-state index contributed by atoms with van der Waals surface area (Å²) < 4.78 is 25.3. The standard InChI is InChI=1S/C22H25FN2O3/c1-14-2-3-15(8-19(14)23)10-25-11-18-17(20-4-6-22(18,13-25)28-20)9-24-21(26)16-5-7-27-12-16/h2-3,5,7-8,12,17-18,20H,4,6,9-11,13H2,1H3,(H,24,26)/t17-,18+,20+,22+/m0/s1. The molecule has 1 spiro atoms. The normalized spacial score (nSPS) is 31.3. The topological polar surface area (TPSA) is 54.7 Å². The molecule has 148 valence electrons. The Bertz CT molecular complexity index is 884. The predicted molar refractivity (Wildman–Crippen MR) is 101 cm³/mol. The number of furan rings is 1. The third-order valence-corrected chi connectivity index (χ3v) is 6.78. The minimum atomic E-state index is -0.146. The molecule has 4 atom stereocenters. The smallest absolute Gasteiger partial charge is 0.254 e. The third kappa shape index (κ3) is 2.95. The van der Waals surface area contributed by atoms with E-state index >= 15 is 0 Å². The van der Waals surface area contributed by atoms with Crippen molar-refractivity contribution in [3.05, 3.63) is 59.3 Å². The van der Waals surface area contributed by atoms with Crippen LogP contribution in [0.25, 0.3) is 0 Å². The van der Waals surface area contributed by atoms with E-state index in [4.69, 9.17) is 9.15 Å². The van der Waals surface area contributed by atoms with Gasteiger partial charge in [0.15, 0.2) is 0 Å². The molecule has 0 radical (unpaired) electrons. The van der Waals surface area contributed by atoms with Crippen molar-refractivity contribution >= 4 is 5.91 Å². The van der Waals surface area contributed by atoms with Gasteiger partial charge >= 0.3 is 0 Å². The second kappa shape index (κ2) is 6.71. The Hall–Kier alpha value is -2.18. The average molecular weight is 384 g/mol. The molecule has 3 saturated heterocycles. The van der Waals surface area contributed by atoms with E-state index in [2.05, 4.69) is 10.2 Å². The minimum absolute atomic E-state index is 0.0983. The molecule has 1 aromatic heterocycles. The highest BCUT2D eigenvalue weighted by Gasteiger charge is 2.62. The first kappa shape index (κ1) is 17.9. The van der Waals surface area contributed by atoms with E-state index in [0.29, 0.717) is 29.5 Å². The lowest BCUT2D eigenvalue weighted by molar-refractivity contribution is 0.00212. The van der Waals surface area contributed by atoms with Crippen molar-refractivity contribution in [3.8, 4) is 0 Å². The number of nitrogens with zero attached hydrogens (tertiary/aromatic N) is 1. The van der Waals surface area contributed by atoms with Crippen LogP contribution >= 0.6 is 0 Å². The number of carbonyl (C=O) groups is 1. The summed E-state index contributed by atoms with van der Waals surface area (Å²) in [6.07, 6.45) is 5.33. The van der Waals surface area contributed by atoms with Crippen LogP contribution in [0.3, 0.4) is 0 Å². The van der Waals surface area contributed by atoms with Crippen molar-refractivity contribution in [2.45, 2.75) is 38.0 Å². The molecule has 3 aliphatic heterocycles. The van der Waals surface area contributed by atoms with Gasteiger partial charge in [-0.2, -0.15) is 0 Å². The highest BCUT2D eigenvalue weighted by atomic mass is 19.1. The van der Waals surface area contributed by atoms with Crippen LogP contribution in [0, 0.1) is 24.6 Å². The SMILES string of the molecule is Cc1ccc(CN2C[C@@H]3[C@H](CNC(=O)c4ccoc4)[C@H]4CC[C@]3(C2)O4)cc1F. The van der Waals surface area contributed by atoms with Crippen LogP contribution in [-0.2, 0) is 11.3 Å². The minimum Gasteiger partial charge on any atom is -0.472 e. The van der Waals surface area contributed by atoms with Gasteiger partial charge in [-0.05, 0) is 43.0 Å². The number of fused-ring (bicyclic) bond motifs is 1. The zero-order chi connectivity index (χ0) is 19.3. The fourth-order valence-electron chi connectivity index (χ4n) is 5.38. The lowest BCUT2D eigenvalue weighted by Gasteiger charge is -2.29. The molecule has 1 N–H and O–H groups in total. The van der Waals surface area contributed by atoms with Crippen LogP contribution in [-0.4, -0.2) is 42.1 Å². The fraction of sp³-hybridized carbons (Fsp3) is 0.500. The number of rotatable bonds is 5. The van der Waals surface area contributed by atoms with Crippen molar-refractivity contribution < 1.29 is 18.3 Å². The van der Waals surface area contributed by atoms with Gasteiger partial charge in [0.1, 0.15) is 12.1 Å². The van der Waals surface area contributed by atoms with Gasteiger partial charge in [-0.1, -0.05) is 12.1 Å². The zero-order valence-electron chi connectivity index (χ0n) is 16.0. The van der Waals surface area contributed by atoms with Gasteiger partial charge in [0.05, 0.1) is 23.5 Å². The Morgan fingerprint density at radius 3 is 3.07 bits per heavy atom. The predicted octanol–water partition coefficient (Wildman–Crippen LogP) is 3.14. The summed E-state index contributed by atoms with van der Waals surface area (Å²) in [7, 11) is 0. The molecule has 3 fully saturated rings. The summed E-state index contributed by atoms with van der Waals surface area (Å²) in [5.41, 5.74) is 2.13. The van der Waals surface area contributed by atoms with Crippen molar-refractivity contribution in [1.29, 1.82) is 0 Å². The van der Waals surface area contributed by atoms with E-state index in [9.17, 15) is 9.18 Å². The Labute approximate surface area is 163 Å². The van der Waals surface area contributed by atoms with Crippen LogP contribution in [0.15, 0.2) is 41.2 Å². The van der Waals surface area contributed by atoms with E-state index < -0.39 is 0 Å². The number of nitrogens with one attached hydrogen (secondary N) is 1. The highest BCUT2D eigenvalue weighted by molar-refractivity contribution is 5.93. The second-order valence-electron chi connectivity index (χ2n) is 8.51. The lowest BCUT2D eigenvalue weighted by atomic mass is 9.73. The molecule has 0 saturated carbocycles. The maximum absolute atomic E-state index is 13.9. The molecule has 0 aliphatic carbocycles.